The first-order chi connectivity index (χ1) is 8.08. The Morgan fingerprint density at radius 2 is 1.82 bits per heavy atom. The molecular formula is C12H8BrCl2NO. The van der Waals surface area contributed by atoms with Crippen LogP contribution < -0.4 is 0 Å². The van der Waals surface area contributed by atoms with Gasteiger partial charge in [0.05, 0.1) is 0 Å². The van der Waals surface area contributed by atoms with Gasteiger partial charge in [0.1, 0.15) is 10.7 Å². The smallest absolute Gasteiger partial charge is 0.112 e. The average molecular weight is 333 g/mol. The standard InChI is InChI=1S/C12H8BrCl2NO/c13-12-10(2-1-3-16-12)11(17)7-4-8(14)6-9(15)5-7/h1-6,11,17H. The number of hydrogen-bond donors (Lipinski definition) is 1. The van der Waals surface area contributed by atoms with Crippen molar-refractivity contribution in [3.63, 3.8) is 0 Å². The van der Waals surface area contributed by atoms with Crippen LogP contribution in [0.4, 0.5) is 0 Å². The number of aliphatic hydroxyl groups is 1. The van der Waals surface area contributed by atoms with Crippen molar-refractivity contribution in [2.75, 3.05) is 0 Å². The molecule has 88 valence electrons. The minimum atomic E-state index is -0.811. The molecule has 0 saturated carbocycles. The van der Waals surface area contributed by atoms with Crippen LogP contribution in [0.5, 0.6) is 0 Å². The zero-order valence-corrected chi connectivity index (χ0v) is 11.7. The molecule has 0 bridgehead atoms. The second kappa shape index (κ2) is 5.36. The molecule has 0 radical (unpaired) electrons. The molecule has 1 atom stereocenters. The largest absolute Gasteiger partial charge is 0.384 e. The molecule has 0 aliphatic heterocycles. The third-order valence-corrected chi connectivity index (χ3v) is 3.38. The summed E-state index contributed by atoms with van der Waals surface area (Å²) in [5, 5.41) is 11.2. The van der Waals surface area contributed by atoms with E-state index in [4.69, 9.17) is 23.2 Å². The predicted octanol–water partition coefficient (Wildman–Crippen LogP) is 4.23. The van der Waals surface area contributed by atoms with Gasteiger partial charge in [-0.1, -0.05) is 29.3 Å². The van der Waals surface area contributed by atoms with Crippen molar-refractivity contribution in [3.8, 4) is 0 Å². The van der Waals surface area contributed by atoms with E-state index in [9.17, 15) is 5.11 Å². The summed E-state index contributed by atoms with van der Waals surface area (Å²) in [6, 6.07) is 8.53. The van der Waals surface area contributed by atoms with E-state index >= 15 is 0 Å². The molecular weight excluding hydrogens is 325 g/mol. The van der Waals surface area contributed by atoms with Crippen molar-refractivity contribution in [1.82, 2.24) is 4.98 Å². The first-order valence-corrected chi connectivity index (χ1v) is 6.37. The van der Waals surface area contributed by atoms with E-state index in [2.05, 4.69) is 20.9 Å². The van der Waals surface area contributed by atoms with Gasteiger partial charge in [-0.3, -0.25) is 0 Å². The SMILES string of the molecule is OC(c1cc(Cl)cc(Cl)c1)c1cccnc1Br. The maximum absolute atomic E-state index is 10.2. The Morgan fingerprint density at radius 3 is 2.41 bits per heavy atom. The molecule has 2 nitrogen and oxygen atoms in total. The Bertz CT molecular complexity index is 528. The molecule has 1 aromatic carbocycles. The summed E-state index contributed by atoms with van der Waals surface area (Å²) in [6.07, 6.45) is 0.833. The van der Waals surface area contributed by atoms with Gasteiger partial charge in [0.25, 0.3) is 0 Å². The summed E-state index contributed by atoms with van der Waals surface area (Å²) in [6.45, 7) is 0. The van der Waals surface area contributed by atoms with Gasteiger partial charge in [-0.15, -0.1) is 0 Å². The van der Waals surface area contributed by atoms with Crippen LogP contribution in [-0.2, 0) is 0 Å². The highest BCUT2D eigenvalue weighted by atomic mass is 79.9. The number of aliphatic hydroxyl groups excluding tert-OH is 1. The maximum atomic E-state index is 10.2. The van der Waals surface area contributed by atoms with E-state index in [0.717, 1.165) is 0 Å². The zero-order valence-electron chi connectivity index (χ0n) is 8.57. The molecule has 0 saturated heterocycles. The highest BCUT2D eigenvalue weighted by molar-refractivity contribution is 9.10. The first kappa shape index (κ1) is 12.8. The van der Waals surface area contributed by atoms with Crippen molar-refractivity contribution in [3.05, 3.63) is 62.3 Å². The van der Waals surface area contributed by atoms with E-state index in [1.165, 1.54) is 0 Å². The lowest BCUT2D eigenvalue weighted by atomic mass is 10.0. The van der Waals surface area contributed by atoms with Crippen molar-refractivity contribution in [2.24, 2.45) is 0 Å². The highest BCUT2D eigenvalue weighted by Crippen LogP contribution is 2.30. The fraction of sp³-hybridized carbons (Fsp3) is 0.0833. The minimum Gasteiger partial charge on any atom is -0.384 e. The second-order valence-corrected chi connectivity index (χ2v) is 5.11. The predicted molar refractivity (Wildman–Crippen MR) is 72.5 cm³/mol. The number of aromatic nitrogens is 1. The molecule has 1 heterocycles. The van der Waals surface area contributed by atoms with Gasteiger partial charge in [-0.05, 0) is 45.8 Å². The Labute approximate surface area is 117 Å². The number of pyridine rings is 1. The van der Waals surface area contributed by atoms with Crippen molar-refractivity contribution < 1.29 is 5.11 Å². The van der Waals surface area contributed by atoms with Gasteiger partial charge < -0.3 is 5.11 Å². The van der Waals surface area contributed by atoms with Crippen LogP contribution in [0.15, 0.2) is 41.1 Å². The normalized spacial score (nSPS) is 12.5. The van der Waals surface area contributed by atoms with Crippen LogP contribution in [-0.4, -0.2) is 10.1 Å². The van der Waals surface area contributed by atoms with Gasteiger partial charge in [0.2, 0.25) is 0 Å². The Balaban J connectivity index is 2.43. The third-order valence-electron chi connectivity index (χ3n) is 2.28. The van der Waals surface area contributed by atoms with Gasteiger partial charge in [-0.25, -0.2) is 4.98 Å². The minimum absolute atomic E-state index is 0.492. The second-order valence-electron chi connectivity index (χ2n) is 3.49. The summed E-state index contributed by atoms with van der Waals surface area (Å²) in [7, 11) is 0. The lowest BCUT2D eigenvalue weighted by Gasteiger charge is -2.13. The number of hydrogen-bond acceptors (Lipinski definition) is 2. The van der Waals surface area contributed by atoms with E-state index in [1.807, 2.05) is 0 Å². The molecule has 0 spiro atoms. The monoisotopic (exact) mass is 331 g/mol. The van der Waals surface area contributed by atoms with Crippen LogP contribution in [0.3, 0.4) is 0 Å². The molecule has 1 unspecified atom stereocenters. The maximum Gasteiger partial charge on any atom is 0.112 e. The first-order valence-electron chi connectivity index (χ1n) is 4.82. The Kier molecular flexibility index (Phi) is 4.05. The van der Waals surface area contributed by atoms with Crippen molar-refractivity contribution >= 4 is 39.1 Å². The summed E-state index contributed by atoms with van der Waals surface area (Å²) >= 11 is 15.1. The van der Waals surface area contributed by atoms with E-state index in [-0.39, 0.29) is 0 Å². The molecule has 0 aliphatic carbocycles. The quantitative estimate of drug-likeness (QED) is 0.835. The average Bonchev–Trinajstić information content (AvgIpc) is 2.27. The van der Waals surface area contributed by atoms with Crippen LogP contribution in [0, 0.1) is 0 Å². The molecule has 1 aromatic heterocycles. The summed E-state index contributed by atoms with van der Waals surface area (Å²) < 4.78 is 0.601. The van der Waals surface area contributed by atoms with Crippen molar-refractivity contribution in [2.45, 2.75) is 6.10 Å². The molecule has 0 amide bonds. The van der Waals surface area contributed by atoms with E-state index < -0.39 is 6.10 Å². The summed E-state index contributed by atoms with van der Waals surface area (Å²) in [4.78, 5) is 4.06. The molecule has 5 heteroatoms. The van der Waals surface area contributed by atoms with Gasteiger partial charge in [0.15, 0.2) is 0 Å². The lowest BCUT2D eigenvalue weighted by molar-refractivity contribution is 0.219. The molecule has 0 aliphatic rings. The number of benzene rings is 1. The van der Waals surface area contributed by atoms with Crippen molar-refractivity contribution in [1.29, 1.82) is 0 Å². The van der Waals surface area contributed by atoms with Crippen LogP contribution in [0.25, 0.3) is 0 Å². The fourth-order valence-corrected chi connectivity index (χ4v) is 2.53. The van der Waals surface area contributed by atoms with Crippen LogP contribution in [0.2, 0.25) is 10.0 Å². The van der Waals surface area contributed by atoms with Crippen LogP contribution >= 0.6 is 39.1 Å². The van der Waals surface area contributed by atoms with Gasteiger partial charge >= 0.3 is 0 Å². The Morgan fingerprint density at radius 1 is 1.18 bits per heavy atom. The number of nitrogens with zero attached hydrogens (tertiary/aromatic N) is 1. The molecule has 0 fully saturated rings. The number of rotatable bonds is 2. The summed E-state index contributed by atoms with van der Waals surface area (Å²) in [5.74, 6) is 0. The topological polar surface area (TPSA) is 33.1 Å². The third kappa shape index (κ3) is 2.99. The number of halogens is 3. The lowest BCUT2D eigenvalue weighted by Crippen LogP contribution is -2.01. The zero-order chi connectivity index (χ0) is 12.4. The van der Waals surface area contributed by atoms with Gasteiger partial charge in [-0.2, -0.15) is 0 Å². The molecule has 2 rings (SSSR count). The molecule has 2 aromatic rings. The van der Waals surface area contributed by atoms with E-state index in [0.29, 0.717) is 25.8 Å². The van der Waals surface area contributed by atoms with Crippen LogP contribution in [0.1, 0.15) is 17.2 Å². The van der Waals surface area contributed by atoms with Gasteiger partial charge in [0, 0.05) is 21.8 Å². The fourth-order valence-electron chi connectivity index (χ4n) is 1.52. The summed E-state index contributed by atoms with van der Waals surface area (Å²) in [5.41, 5.74) is 1.31. The highest BCUT2D eigenvalue weighted by Gasteiger charge is 2.15. The Hall–Kier alpha value is -0.610. The molecule has 1 N–H and O–H groups in total. The molecule has 17 heavy (non-hydrogen) atoms. The van der Waals surface area contributed by atoms with E-state index in [1.54, 1.807) is 36.5 Å².